The molecule has 0 saturated carbocycles. The first-order valence-electron chi connectivity index (χ1n) is 9.24. The zero-order valence-corrected chi connectivity index (χ0v) is 17.2. The smallest absolute Gasteiger partial charge is 0.348 e. The Bertz CT molecular complexity index is 945. The monoisotopic (exact) mass is 396 g/mol. The van der Waals surface area contributed by atoms with Crippen molar-refractivity contribution in [3.63, 3.8) is 0 Å². The first kappa shape index (κ1) is 20.5. The second-order valence-electron chi connectivity index (χ2n) is 7.32. The van der Waals surface area contributed by atoms with Gasteiger partial charge in [0.05, 0.1) is 7.11 Å². The number of benzene rings is 2. The molecular formula is C23H24O6. The van der Waals surface area contributed by atoms with Crippen LogP contribution in [0.5, 0.6) is 11.5 Å². The predicted octanol–water partition coefficient (Wildman–Crippen LogP) is 4.11. The summed E-state index contributed by atoms with van der Waals surface area (Å²) in [6.45, 7) is 7.27. The molecule has 0 aromatic heterocycles. The van der Waals surface area contributed by atoms with Crippen molar-refractivity contribution in [2.75, 3.05) is 7.11 Å². The van der Waals surface area contributed by atoms with Crippen molar-refractivity contribution in [1.29, 1.82) is 0 Å². The van der Waals surface area contributed by atoms with Crippen molar-refractivity contribution in [2.45, 2.75) is 40.1 Å². The molecule has 6 heteroatoms. The maximum absolute atomic E-state index is 12.2. The molecule has 1 fully saturated rings. The van der Waals surface area contributed by atoms with E-state index in [2.05, 4.69) is 0 Å². The average molecular weight is 396 g/mol. The number of aryl methyl sites for hydroxylation is 2. The highest BCUT2D eigenvalue weighted by atomic mass is 16.7. The topological polar surface area (TPSA) is 71.1 Å². The van der Waals surface area contributed by atoms with E-state index in [0.29, 0.717) is 11.3 Å². The minimum absolute atomic E-state index is 0.156. The van der Waals surface area contributed by atoms with Gasteiger partial charge < -0.3 is 18.9 Å². The van der Waals surface area contributed by atoms with Crippen molar-refractivity contribution in [3.05, 3.63) is 64.2 Å². The lowest BCUT2D eigenvalue weighted by Crippen LogP contribution is -2.41. The lowest BCUT2D eigenvalue weighted by Gasteiger charge is -2.29. The van der Waals surface area contributed by atoms with Crippen LogP contribution < -0.4 is 9.47 Å². The van der Waals surface area contributed by atoms with Gasteiger partial charge in [-0.1, -0.05) is 24.3 Å². The molecule has 3 rings (SSSR count). The first-order chi connectivity index (χ1) is 13.7. The summed E-state index contributed by atoms with van der Waals surface area (Å²) in [4.78, 5) is 24.4. The summed E-state index contributed by atoms with van der Waals surface area (Å²) in [6, 6.07) is 11.3. The van der Waals surface area contributed by atoms with E-state index < -0.39 is 17.7 Å². The van der Waals surface area contributed by atoms with Crippen LogP contribution in [0.2, 0.25) is 0 Å². The van der Waals surface area contributed by atoms with Crippen molar-refractivity contribution in [1.82, 2.24) is 0 Å². The van der Waals surface area contributed by atoms with E-state index in [0.717, 1.165) is 22.4 Å². The Kier molecular flexibility index (Phi) is 5.64. The molecule has 0 unspecified atom stereocenters. The minimum Gasteiger partial charge on any atom is -0.496 e. The van der Waals surface area contributed by atoms with Gasteiger partial charge in [0.25, 0.3) is 5.79 Å². The van der Waals surface area contributed by atoms with Gasteiger partial charge in [0, 0.05) is 19.4 Å². The Morgan fingerprint density at radius 3 is 2.21 bits per heavy atom. The van der Waals surface area contributed by atoms with E-state index in [1.165, 1.54) is 19.9 Å². The highest BCUT2D eigenvalue weighted by Crippen LogP contribution is 2.28. The third kappa shape index (κ3) is 4.59. The Morgan fingerprint density at radius 1 is 1.00 bits per heavy atom. The maximum Gasteiger partial charge on any atom is 0.348 e. The number of hydrogen-bond donors (Lipinski definition) is 0. The summed E-state index contributed by atoms with van der Waals surface area (Å²) >= 11 is 0. The number of hydrogen-bond acceptors (Lipinski definition) is 6. The molecule has 1 aliphatic rings. The fraction of sp³-hybridized carbons (Fsp3) is 0.304. The van der Waals surface area contributed by atoms with Crippen LogP contribution >= 0.6 is 0 Å². The van der Waals surface area contributed by atoms with Gasteiger partial charge in [0.1, 0.15) is 23.7 Å². The van der Waals surface area contributed by atoms with E-state index >= 15 is 0 Å². The lowest BCUT2D eigenvalue weighted by atomic mass is 10.1. The summed E-state index contributed by atoms with van der Waals surface area (Å²) in [5.74, 6) is -1.23. The highest BCUT2D eigenvalue weighted by Gasteiger charge is 2.38. The van der Waals surface area contributed by atoms with E-state index in [1.807, 2.05) is 32.0 Å². The quantitative estimate of drug-likeness (QED) is 0.430. The Labute approximate surface area is 170 Å². The normalized spacial score (nSPS) is 15.4. The van der Waals surface area contributed by atoms with E-state index in [9.17, 15) is 9.59 Å². The molecule has 0 aliphatic carbocycles. The number of carbonyl (C=O) groups is 2. The molecule has 0 N–H and O–H groups in total. The molecule has 6 nitrogen and oxygen atoms in total. The van der Waals surface area contributed by atoms with Crippen molar-refractivity contribution in [2.24, 2.45) is 0 Å². The molecule has 0 radical (unpaired) electrons. The molecule has 0 bridgehead atoms. The summed E-state index contributed by atoms with van der Waals surface area (Å²) in [7, 11) is 1.58. The van der Waals surface area contributed by atoms with Crippen LogP contribution in [-0.4, -0.2) is 24.8 Å². The third-order valence-corrected chi connectivity index (χ3v) is 4.51. The Balaban J connectivity index is 1.87. The molecule has 1 aliphatic heterocycles. The van der Waals surface area contributed by atoms with Crippen LogP contribution in [0.3, 0.4) is 0 Å². The van der Waals surface area contributed by atoms with Gasteiger partial charge in [-0.3, -0.25) is 0 Å². The largest absolute Gasteiger partial charge is 0.496 e. The van der Waals surface area contributed by atoms with Gasteiger partial charge in [-0.25, -0.2) is 9.59 Å². The summed E-state index contributed by atoms with van der Waals surface area (Å²) in [5, 5.41) is 0. The number of carbonyl (C=O) groups excluding carboxylic acids is 2. The number of esters is 2. The molecule has 0 atom stereocenters. The first-order valence-corrected chi connectivity index (χ1v) is 9.24. The van der Waals surface area contributed by atoms with E-state index in [-0.39, 0.29) is 12.2 Å². The highest BCUT2D eigenvalue weighted by molar-refractivity contribution is 6.18. The lowest BCUT2D eigenvalue weighted by molar-refractivity contribution is -0.222. The third-order valence-electron chi connectivity index (χ3n) is 4.51. The molecular weight excluding hydrogens is 372 g/mol. The SMILES string of the molecule is COc1ccc(C=C2C(=O)OC(C)(C)OC2=O)cc1COc1c(C)cccc1C. The Hall–Kier alpha value is -3.28. The Morgan fingerprint density at radius 2 is 1.62 bits per heavy atom. The minimum atomic E-state index is -1.27. The molecule has 2 aromatic rings. The fourth-order valence-electron chi connectivity index (χ4n) is 3.12. The number of rotatable bonds is 5. The van der Waals surface area contributed by atoms with Crippen molar-refractivity contribution in [3.8, 4) is 11.5 Å². The van der Waals surface area contributed by atoms with Crippen LogP contribution in [-0.2, 0) is 25.7 Å². The molecule has 0 spiro atoms. The standard InChI is InChI=1S/C23H24O6/c1-14-7-6-8-15(2)20(14)27-13-17-11-16(9-10-19(17)26-5)12-18-21(24)28-23(3,4)29-22(18)25/h6-12H,13H2,1-5H3. The number of cyclic esters (lactones) is 2. The van der Waals surface area contributed by atoms with Crippen molar-refractivity contribution < 1.29 is 28.5 Å². The molecule has 152 valence electrons. The van der Waals surface area contributed by atoms with Crippen LogP contribution in [0, 0.1) is 13.8 Å². The molecule has 1 heterocycles. The van der Waals surface area contributed by atoms with Crippen molar-refractivity contribution >= 4 is 18.0 Å². The van der Waals surface area contributed by atoms with Gasteiger partial charge in [-0.2, -0.15) is 0 Å². The molecule has 29 heavy (non-hydrogen) atoms. The van der Waals surface area contributed by atoms with Gasteiger partial charge in [-0.05, 0) is 48.7 Å². The number of para-hydroxylation sites is 1. The number of ether oxygens (including phenoxy) is 4. The van der Waals surface area contributed by atoms with E-state index in [1.54, 1.807) is 25.3 Å². The average Bonchev–Trinajstić information content (AvgIpc) is 2.64. The molecule has 2 aromatic carbocycles. The van der Waals surface area contributed by atoms with Crippen LogP contribution in [0.4, 0.5) is 0 Å². The summed E-state index contributed by atoms with van der Waals surface area (Å²) in [6.07, 6.45) is 1.45. The van der Waals surface area contributed by atoms with Crippen LogP contribution in [0.15, 0.2) is 42.0 Å². The van der Waals surface area contributed by atoms with Crippen LogP contribution in [0.25, 0.3) is 6.08 Å². The number of methoxy groups -OCH3 is 1. The summed E-state index contributed by atoms with van der Waals surface area (Å²) < 4.78 is 21.7. The predicted molar refractivity (Wildman–Crippen MR) is 107 cm³/mol. The van der Waals surface area contributed by atoms with Gasteiger partial charge in [0.2, 0.25) is 0 Å². The maximum atomic E-state index is 12.2. The van der Waals surface area contributed by atoms with Gasteiger partial charge in [0.15, 0.2) is 0 Å². The zero-order chi connectivity index (χ0) is 21.2. The molecule has 1 saturated heterocycles. The summed E-state index contributed by atoms with van der Waals surface area (Å²) in [5.41, 5.74) is 3.34. The fourth-order valence-corrected chi connectivity index (χ4v) is 3.12. The second-order valence-corrected chi connectivity index (χ2v) is 7.32. The van der Waals surface area contributed by atoms with E-state index in [4.69, 9.17) is 18.9 Å². The van der Waals surface area contributed by atoms with Gasteiger partial charge >= 0.3 is 11.9 Å². The second kappa shape index (κ2) is 7.99. The zero-order valence-electron chi connectivity index (χ0n) is 17.2. The molecule has 0 amide bonds. The van der Waals surface area contributed by atoms with Crippen LogP contribution in [0.1, 0.15) is 36.1 Å². The van der Waals surface area contributed by atoms with Gasteiger partial charge in [-0.15, -0.1) is 0 Å².